The van der Waals surface area contributed by atoms with E-state index >= 15 is 0 Å². The lowest BCUT2D eigenvalue weighted by atomic mass is 10.1. The number of nitro groups is 1. The molecule has 0 amide bonds. The van der Waals surface area contributed by atoms with E-state index in [2.05, 4.69) is 0 Å². The summed E-state index contributed by atoms with van der Waals surface area (Å²) in [5, 5.41) is 19.9. The minimum atomic E-state index is -0.519. The topological polar surface area (TPSA) is 63.4 Å². The molecule has 0 heterocycles. The molecule has 0 spiro atoms. The highest BCUT2D eigenvalue weighted by Crippen LogP contribution is 2.33. The third-order valence-electron chi connectivity index (χ3n) is 2.39. The molecule has 0 aromatic heterocycles. The van der Waals surface area contributed by atoms with Crippen molar-refractivity contribution in [1.82, 2.24) is 0 Å². The molecule has 2 rings (SSSR count). The van der Waals surface area contributed by atoms with E-state index < -0.39 is 11.0 Å². The summed E-state index contributed by atoms with van der Waals surface area (Å²) in [4.78, 5) is 9.99. The number of rotatable bonds is 1. The van der Waals surface area contributed by atoms with Crippen LogP contribution in [0.2, 0.25) is 0 Å². The molecule has 1 N–H and O–H groups in total. The molecule has 0 unspecified atom stereocenters. The van der Waals surface area contributed by atoms with Crippen molar-refractivity contribution in [3.63, 3.8) is 0 Å². The van der Waals surface area contributed by atoms with Crippen LogP contribution in [0, 0.1) is 10.1 Å². The Kier molecular flexibility index (Phi) is 1.77. The highest BCUT2D eigenvalue weighted by molar-refractivity contribution is 5.43. The monoisotopic (exact) mass is 179 g/mol. The number of fused-ring (bicyclic) bond motifs is 1. The van der Waals surface area contributed by atoms with Gasteiger partial charge >= 0.3 is 0 Å². The van der Waals surface area contributed by atoms with Crippen molar-refractivity contribution in [1.29, 1.82) is 0 Å². The first kappa shape index (κ1) is 8.19. The maximum absolute atomic E-state index is 10.4. The molecule has 0 bridgehead atoms. The molecule has 1 aliphatic rings. The van der Waals surface area contributed by atoms with Crippen LogP contribution in [0.1, 0.15) is 23.7 Å². The average Bonchev–Trinajstić information content (AvgIpc) is 2.47. The van der Waals surface area contributed by atoms with Gasteiger partial charge in [-0.05, 0) is 24.0 Å². The van der Waals surface area contributed by atoms with E-state index in [0.717, 1.165) is 12.0 Å². The van der Waals surface area contributed by atoms with Gasteiger partial charge in [0.2, 0.25) is 0 Å². The van der Waals surface area contributed by atoms with Crippen LogP contribution in [0.4, 0.5) is 5.69 Å². The zero-order valence-corrected chi connectivity index (χ0v) is 6.93. The minimum Gasteiger partial charge on any atom is -0.388 e. The molecule has 0 radical (unpaired) electrons. The van der Waals surface area contributed by atoms with E-state index in [1.165, 1.54) is 12.1 Å². The Morgan fingerprint density at radius 3 is 3.00 bits per heavy atom. The molecule has 1 aromatic carbocycles. The first-order valence-electron chi connectivity index (χ1n) is 4.14. The van der Waals surface area contributed by atoms with Crippen LogP contribution in [0.3, 0.4) is 0 Å². The molecule has 4 nitrogen and oxygen atoms in total. The zero-order valence-electron chi connectivity index (χ0n) is 6.93. The summed E-state index contributed by atoms with van der Waals surface area (Å²) in [5.74, 6) is 0. The lowest BCUT2D eigenvalue weighted by Crippen LogP contribution is -1.93. The summed E-state index contributed by atoms with van der Waals surface area (Å²) in [6, 6.07) is 4.67. The van der Waals surface area contributed by atoms with Crippen LogP contribution in [-0.4, -0.2) is 10.0 Å². The summed E-state index contributed by atoms with van der Waals surface area (Å²) in [6.45, 7) is 0. The average molecular weight is 179 g/mol. The first-order chi connectivity index (χ1) is 6.18. The summed E-state index contributed by atoms with van der Waals surface area (Å²) in [6.07, 6.45) is 0.972. The van der Waals surface area contributed by atoms with E-state index in [4.69, 9.17) is 0 Å². The van der Waals surface area contributed by atoms with E-state index in [-0.39, 0.29) is 5.69 Å². The molecule has 1 atom stereocenters. The third-order valence-corrected chi connectivity index (χ3v) is 2.39. The van der Waals surface area contributed by atoms with Crippen LogP contribution in [0.15, 0.2) is 18.2 Å². The molecule has 0 saturated heterocycles. The molecule has 4 heteroatoms. The molecule has 0 saturated carbocycles. The molecular formula is C9H9NO3. The second-order valence-corrected chi connectivity index (χ2v) is 3.19. The van der Waals surface area contributed by atoms with Gasteiger partial charge in [-0.15, -0.1) is 0 Å². The number of non-ortho nitro benzene ring substituents is 1. The second-order valence-electron chi connectivity index (χ2n) is 3.19. The van der Waals surface area contributed by atoms with Crippen LogP contribution >= 0.6 is 0 Å². The SMILES string of the molecule is O=[N+]([O-])c1ccc2c(c1)[C@@H](O)CC2. The summed E-state index contributed by atoms with van der Waals surface area (Å²) < 4.78 is 0. The van der Waals surface area contributed by atoms with E-state index in [0.29, 0.717) is 12.0 Å². The number of benzene rings is 1. The van der Waals surface area contributed by atoms with E-state index in [1.807, 2.05) is 0 Å². The fourth-order valence-corrected chi connectivity index (χ4v) is 1.68. The van der Waals surface area contributed by atoms with Crippen molar-refractivity contribution in [2.75, 3.05) is 0 Å². The smallest absolute Gasteiger partial charge is 0.269 e. The zero-order chi connectivity index (χ0) is 9.42. The molecule has 13 heavy (non-hydrogen) atoms. The van der Waals surface area contributed by atoms with Gasteiger partial charge in [0.05, 0.1) is 11.0 Å². The second kappa shape index (κ2) is 2.81. The molecule has 0 fully saturated rings. The van der Waals surface area contributed by atoms with Crippen molar-refractivity contribution >= 4 is 5.69 Å². The van der Waals surface area contributed by atoms with E-state index in [1.54, 1.807) is 6.07 Å². The Bertz CT molecular complexity index is 362. The number of nitrogens with zero attached hydrogens (tertiary/aromatic N) is 1. The Labute approximate surface area is 75.0 Å². The number of hydrogen-bond acceptors (Lipinski definition) is 3. The van der Waals surface area contributed by atoms with Gasteiger partial charge in [0.25, 0.3) is 5.69 Å². The molecule has 1 aromatic rings. The van der Waals surface area contributed by atoms with Crippen molar-refractivity contribution in [3.05, 3.63) is 39.4 Å². The number of nitro benzene ring substituents is 1. The minimum absolute atomic E-state index is 0.0553. The van der Waals surface area contributed by atoms with Crippen molar-refractivity contribution < 1.29 is 10.0 Å². The van der Waals surface area contributed by atoms with Crippen molar-refractivity contribution in [3.8, 4) is 0 Å². The summed E-state index contributed by atoms with van der Waals surface area (Å²) in [5.41, 5.74) is 1.80. The Morgan fingerprint density at radius 1 is 1.54 bits per heavy atom. The fourth-order valence-electron chi connectivity index (χ4n) is 1.68. The molecule has 1 aliphatic carbocycles. The normalized spacial score (nSPS) is 19.9. The Balaban J connectivity index is 2.47. The van der Waals surface area contributed by atoms with Crippen molar-refractivity contribution in [2.24, 2.45) is 0 Å². The summed E-state index contributed by atoms with van der Waals surface area (Å²) >= 11 is 0. The molecule has 0 aliphatic heterocycles. The highest BCUT2D eigenvalue weighted by atomic mass is 16.6. The Hall–Kier alpha value is -1.42. The van der Waals surface area contributed by atoms with Gasteiger partial charge in [-0.1, -0.05) is 6.07 Å². The lowest BCUT2D eigenvalue weighted by molar-refractivity contribution is -0.385. The third kappa shape index (κ3) is 1.29. The number of aliphatic hydroxyl groups is 1. The van der Waals surface area contributed by atoms with Gasteiger partial charge in [-0.2, -0.15) is 0 Å². The largest absolute Gasteiger partial charge is 0.388 e. The quantitative estimate of drug-likeness (QED) is 0.525. The van der Waals surface area contributed by atoms with Crippen molar-refractivity contribution in [2.45, 2.75) is 18.9 Å². The first-order valence-corrected chi connectivity index (χ1v) is 4.14. The predicted octanol–water partition coefficient (Wildman–Crippen LogP) is 1.57. The lowest BCUT2D eigenvalue weighted by Gasteiger charge is -2.02. The number of aryl methyl sites for hydroxylation is 1. The molecule has 68 valence electrons. The maximum atomic E-state index is 10.4. The standard InChI is InChI=1S/C9H9NO3/c11-9-4-2-6-1-3-7(10(12)13)5-8(6)9/h1,3,5,9,11H,2,4H2/t9-/m0/s1. The Morgan fingerprint density at radius 2 is 2.31 bits per heavy atom. The number of aliphatic hydroxyl groups excluding tert-OH is 1. The van der Waals surface area contributed by atoms with E-state index in [9.17, 15) is 15.2 Å². The fraction of sp³-hybridized carbons (Fsp3) is 0.333. The molecular weight excluding hydrogens is 170 g/mol. The van der Waals surface area contributed by atoms with Gasteiger partial charge in [-0.25, -0.2) is 0 Å². The van der Waals surface area contributed by atoms with Gasteiger partial charge in [0, 0.05) is 12.1 Å². The number of hydrogen-bond donors (Lipinski definition) is 1. The van der Waals surface area contributed by atoms with Crippen LogP contribution in [0.5, 0.6) is 0 Å². The highest BCUT2D eigenvalue weighted by Gasteiger charge is 2.22. The van der Waals surface area contributed by atoms with Crippen LogP contribution < -0.4 is 0 Å². The predicted molar refractivity (Wildman–Crippen MR) is 46.4 cm³/mol. The van der Waals surface area contributed by atoms with Crippen LogP contribution in [-0.2, 0) is 6.42 Å². The maximum Gasteiger partial charge on any atom is 0.269 e. The summed E-state index contributed by atoms with van der Waals surface area (Å²) in [7, 11) is 0. The van der Waals surface area contributed by atoms with Gasteiger partial charge in [0.1, 0.15) is 0 Å². The van der Waals surface area contributed by atoms with Crippen LogP contribution in [0.25, 0.3) is 0 Å². The van der Waals surface area contributed by atoms with Gasteiger partial charge in [0.15, 0.2) is 0 Å². The van der Waals surface area contributed by atoms with Gasteiger partial charge in [-0.3, -0.25) is 10.1 Å². The van der Waals surface area contributed by atoms with Gasteiger partial charge < -0.3 is 5.11 Å².